The monoisotopic (exact) mass is 160 g/mol. The van der Waals surface area contributed by atoms with E-state index in [0.717, 1.165) is 19.8 Å². The van der Waals surface area contributed by atoms with Crippen molar-refractivity contribution in [3.63, 3.8) is 0 Å². The fraction of sp³-hybridized carbons (Fsp3) is 0.625. The molecule has 0 heterocycles. The molecule has 0 saturated carbocycles. The molecular weight excluding hydrogens is 144 g/mol. The zero-order chi connectivity index (χ0) is 9.11. The summed E-state index contributed by atoms with van der Waals surface area (Å²) in [7, 11) is 0. The van der Waals surface area contributed by atoms with Gasteiger partial charge in [0.25, 0.3) is 5.97 Å². The maximum Gasteiger partial charge on any atom is 0.300 e. The van der Waals surface area contributed by atoms with Crippen LogP contribution in [0.4, 0.5) is 0 Å². The van der Waals surface area contributed by atoms with Crippen LogP contribution in [0.3, 0.4) is 0 Å². The number of carbonyl (C=O) groups is 1. The number of carboxylic acid groups (broad SMARTS) is 1. The Bertz CT molecular complexity index is 104. The third-order valence-electron chi connectivity index (χ3n) is 0.765. The van der Waals surface area contributed by atoms with Crippen LogP contribution in [-0.4, -0.2) is 22.8 Å². The lowest BCUT2D eigenvalue weighted by Crippen LogP contribution is -1.78. The van der Waals surface area contributed by atoms with Gasteiger partial charge in [-0.2, -0.15) is 0 Å². The molecular formula is C8H16O3. The van der Waals surface area contributed by atoms with E-state index in [0.29, 0.717) is 6.61 Å². The first-order valence-electron chi connectivity index (χ1n) is 3.56. The quantitative estimate of drug-likeness (QED) is 0.485. The predicted octanol–water partition coefficient (Wildman–Crippen LogP) is 1.43. The molecule has 0 amide bonds. The molecule has 0 aliphatic carbocycles. The predicted molar refractivity (Wildman–Crippen MR) is 44.4 cm³/mol. The lowest BCUT2D eigenvalue weighted by atomic mass is 10.3. The first-order valence-corrected chi connectivity index (χ1v) is 3.56. The normalized spacial score (nSPS) is 9.00. The number of allylic oxidation sites excluding steroid dienone is 2. The minimum Gasteiger partial charge on any atom is -0.481 e. The van der Waals surface area contributed by atoms with Crippen LogP contribution < -0.4 is 0 Å². The van der Waals surface area contributed by atoms with Gasteiger partial charge in [-0.05, 0) is 19.8 Å². The van der Waals surface area contributed by atoms with Crippen molar-refractivity contribution in [3.05, 3.63) is 12.2 Å². The number of aliphatic hydroxyl groups excluding tert-OH is 1. The van der Waals surface area contributed by atoms with Gasteiger partial charge >= 0.3 is 0 Å². The van der Waals surface area contributed by atoms with E-state index in [2.05, 4.69) is 6.08 Å². The zero-order valence-electron chi connectivity index (χ0n) is 7.08. The van der Waals surface area contributed by atoms with E-state index in [1.54, 1.807) is 0 Å². The molecule has 0 aromatic rings. The van der Waals surface area contributed by atoms with Gasteiger partial charge in [0.2, 0.25) is 0 Å². The van der Waals surface area contributed by atoms with E-state index < -0.39 is 5.97 Å². The van der Waals surface area contributed by atoms with Crippen molar-refractivity contribution in [2.75, 3.05) is 6.61 Å². The van der Waals surface area contributed by atoms with Crippen molar-refractivity contribution in [1.82, 2.24) is 0 Å². The molecule has 3 heteroatoms. The SMILES string of the molecule is C/C=C/CCCO.CC(=O)O. The highest BCUT2D eigenvalue weighted by Gasteiger charge is 1.74. The largest absolute Gasteiger partial charge is 0.481 e. The minimum atomic E-state index is -0.833. The van der Waals surface area contributed by atoms with Crippen molar-refractivity contribution in [2.24, 2.45) is 0 Å². The molecule has 0 fully saturated rings. The third kappa shape index (κ3) is 46.9. The third-order valence-corrected chi connectivity index (χ3v) is 0.765. The molecule has 0 aromatic carbocycles. The first-order chi connectivity index (χ1) is 5.15. The Balaban J connectivity index is 0. The average molecular weight is 160 g/mol. The van der Waals surface area contributed by atoms with Gasteiger partial charge in [-0.15, -0.1) is 0 Å². The standard InChI is InChI=1S/C6H12O.C2H4O2/c1-2-3-4-5-6-7;1-2(3)4/h2-3,7H,4-6H2,1H3;1H3,(H,3,4)/b3-2+;. The zero-order valence-corrected chi connectivity index (χ0v) is 7.08. The highest BCUT2D eigenvalue weighted by molar-refractivity contribution is 5.62. The van der Waals surface area contributed by atoms with Crippen LogP contribution in [0, 0.1) is 0 Å². The fourth-order valence-electron chi connectivity index (χ4n) is 0.376. The fourth-order valence-corrected chi connectivity index (χ4v) is 0.376. The molecule has 66 valence electrons. The number of hydrogen-bond acceptors (Lipinski definition) is 2. The number of hydrogen-bond donors (Lipinski definition) is 2. The van der Waals surface area contributed by atoms with Crippen molar-refractivity contribution in [1.29, 1.82) is 0 Å². The summed E-state index contributed by atoms with van der Waals surface area (Å²) >= 11 is 0. The van der Waals surface area contributed by atoms with E-state index in [1.165, 1.54) is 0 Å². The topological polar surface area (TPSA) is 57.5 Å². The van der Waals surface area contributed by atoms with Gasteiger partial charge in [0.05, 0.1) is 0 Å². The van der Waals surface area contributed by atoms with Crippen LogP contribution >= 0.6 is 0 Å². The summed E-state index contributed by atoms with van der Waals surface area (Å²) in [5, 5.41) is 15.7. The molecule has 3 nitrogen and oxygen atoms in total. The Morgan fingerprint density at radius 3 is 2.27 bits per heavy atom. The van der Waals surface area contributed by atoms with E-state index in [-0.39, 0.29) is 0 Å². The molecule has 0 spiro atoms. The molecule has 2 N–H and O–H groups in total. The maximum atomic E-state index is 9.00. The molecule has 0 aliphatic heterocycles. The molecule has 0 rings (SSSR count). The summed E-state index contributed by atoms with van der Waals surface area (Å²) in [5.74, 6) is -0.833. The second-order valence-electron chi connectivity index (χ2n) is 1.95. The lowest BCUT2D eigenvalue weighted by molar-refractivity contribution is -0.134. The molecule has 0 aliphatic rings. The molecule has 0 saturated heterocycles. The average Bonchev–Trinajstić information content (AvgIpc) is 1.88. The Morgan fingerprint density at radius 1 is 1.55 bits per heavy atom. The second-order valence-corrected chi connectivity index (χ2v) is 1.95. The number of unbranched alkanes of at least 4 members (excludes halogenated alkanes) is 1. The first kappa shape index (κ1) is 12.8. The van der Waals surface area contributed by atoms with Crippen LogP contribution in [0.5, 0.6) is 0 Å². The number of carboxylic acids is 1. The lowest BCUT2D eigenvalue weighted by Gasteiger charge is -1.83. The van der Waals surface area contributed by atoms with E-state index >= 15 is 0 Å². The van der Waals surface area contributed by atoms with Gasteiger partial charge in [-0.25, -0.2) is 0 Å². The number of rotatable bonds is 3. The molecule has 0 bridgehead atoms. The van der Waals surface area contributed by atoms with Gasteiger partial charge in [0, 0.05) is 13.5 Å². The van der Waals surface area contributed by atoms with E-state index in [4.69, 9.17) is 15.0 Å². The van der Waals surface area contributed by atoms with Gasteiger partial charge < -0.3 is 10.2 Å². The van der Waals surface area contributed by atoms with E-state index in [1.807, 2.05) is 13.0 Å². The summed E-state index contributed by atoms with van der Waals surface area (Å²) in [5.41, 5.74) is 0. The van der Waals surface area contributed by atoms with Gasteiger partial charge in [0.1, 0.15) is 0 Å². The smallest absolute Gasteiger partial charge is 0.300 e. The maximum absolute atomic E-state index is 9.00. The molecule has 0 radical (unpaired) electrons. The highest BCUT2D eigenvalue weighted by Crippen LogP contribution is 1.86. The molecule has 0 aromatic heterocycles. The Hall–Kier alpha value is -0.830. The van der Waals surface area contributed by atoms with Crippen molar-refractivity contribution >= 4 is 5.97 Å². The van der Waals surface area contributed by atoms with Gasteiger partial charge in [-0.1, -0.05) is 12.2 Å². The van der Waals surface area contributed by atoms with Crippen LogP contribution in [0.2, 0.25) is 0 Å². The molecule has 0 unspecified atom stereocenters. The summed E-state index contributed by atoms with van der Waals surface area (Å²) in [4.78, 5) is 9.00. The molecule has 11 heavy (non-hydrogen) atoms. The second kappa shape index (κ2) is 11.9. The van der Waals surface area contributed by atoms with Crippen LogP contribution in [0.1, 0.15) is 26.7 Å². The highest BCUT2D eigenvalue weighted by atomic mass is 16.4. The van der Waals surface area contributed by atoms with Gasteiger partial charge in [0.15, 0.2) is 0 Å². The Morgan fingerprint density at radius 2 is 2.00 bits per heavy atom. The summed E-state index contributed by atoms with van der Waals surface area (Å²) in [6, 6.07) is 0. The van der Waals surface area contributed by atoms with Crippen molar-refractivity contribution in [2.45, 2.75) is 26.7 Å². The summed E-state index contributed by atoms with van der Waals surface area (Å²) in [6.07, 6.45) is 5.95. The number of aliphatic hydroxyl groups is 1. The van der Waals surface area contributed by atoms with Gasteiger partial charge in [-0.3, -0.25) is 4.79 Å². The van der Waals surface area contributed by atoms with Crippen molar-refractivity contribution in [3.8, 4) is 0 Å². The van der Waals surface area contributed by atoms with Crippen molar-refractivity contribution < 1.29 is 15.0 Å². The minimum absolute atomic E-state index is 0.310. The number of aliphatic carboxylic acids is 1. The van der Waals surface area contributed by atoms with Crippen LogP contribution in [0.15, 0.2) is 12.2 Å². The van der Waals surface area contributed by atoms with E-state index in [9.17, 15) is 0 Å². The van der Waals surface area contributed by atoms with Crippen LogP contribution in [0.25, 0.3) is 0 Å². The summed E-state index contributed by atoms with van der Waals surface area (Å²) < 4.78 is 0. The van der Waals surface area contributed by atoms with Crippen LogP contribution in [-0.2, 0) is 4.79 Å². The Kier molecular flexibility index (Phi) is 13.9. The molecule has 0 atom stereocenters. The summed E-state index contributed by atoms with van der Waals surface area (Å²) in [6.45, 7) is 3.38. The Labute approximate surface area is 67.4 Å².